The maximum atomic E-state index is 11.3. The predicted octanol–water partition coefficient (Wildman–Crippen LogP) is 1.83. The quantitative estimate of drug-likeness (QED) is 0.292. The van der Waals surface area contributed by atoms with Crippen molar-refractivity contribution < 1.29 is 17.9 Å². The molecule has 0 saturated heterocycles. The topological polar surface area (TPSA) is 115 Å². The first kappa shape index (κ1) is 24.0. The van der Waals surface area contributed by atoms with Gasteiger partial charge in [-0.25, -0.2) is 13.6 Å². The molecule has 0 heterocycles. The zero-order chi connectivity index (χ0) is 19.9. The lowest BCUT2D eigenvalue weighted by Gasteiger charge is -2.14. The molecule has 154 valence electrons. The summed E-state index contributed by atoms with van der Waals surface area (Å²) in [5.41, 5.74) is 1.85. The molecule has 0 unspecified atom stereocenters. The molecule has 0 atom stereocenters. The van der Waals surface area contributed by atoms with Gasteiger partial charge in [0.05, 0.1) is 19.1 Å². The smallest absolute Gasteiger partial charge is 0.238 e. The molecule has 0 aliphatic heterocycles. The van der Waals surface area contributed by atoms with E-state index in [0.29, 0.717) is 19.0 Å². The Hall–Kier alpha value is -2.05. The molecule has 2 aromatic carbocycles. The van der Waals surface area contributed by atoms with Crippen LogP contribution >= 0.6 is 24.0 Å². The number of methoxy groups -OCH3 is 2. The third-order valence-electron chi connectivity index (χ3n) is 3.88. The number of primary sulfonamides is 1. The van der Waals surface area contributed by atoms with Crippen molar-refractivity contribution in [3.8, 4) is 11.5 Å². The minimum atomic E-state index is -3.68. The number of guanidine groups is 1. The fourth-order valence-electron chi connectivity index (χ4n) is 2.38. The normalized spacial score (nSPS) is 11.4. The summed E-state index contributed by atoms with van der Waals surface area (Å²) in [5.74, 6) is 2.04. The number of benzene rings is 2. The molecule has 2 rings (SSSR count). The maximum absolute atomic E-state index is 11.3. The van der Waals surface area contributed by atoms with E-state index in [4.69, 9.17) is 14.6 Å². The number of hydrogen-bond acceptors (Lipinski definition) is 5. The van der Waals surface area contributed by atoms with Crippen molar-refractivity contribution in [3.05, 3.63) is 53.6 Å². The Morgan fingerprint density at radius 2 is 1.68 bits per heavy atom. The van der Waals surface area contributed by atoms with Crippen LogP contribution < -0.4 is 25.2 Å². The highest BCUT2D eigenvalue weighted by atomic mass is 127. The Labute approximate surface area is 182 Å². The molecule has 4 N–H and O–H groups in total. The van der Waals surface area contributed by atoms with Gasteiger partial charge in [0.1, 0.15) is 11.5 Å². The zero-order valence-corrected chi connectivity index (χ0v) is 19.1. The second-order valence-electron chi connectivity index (χ2n) is 5.65. The molecule has 0 amide bonds. The van der Waals surface area contributed by atoms with Crippen LogP contribution in [0, 0.1) is 0 Å². The monoisotopic (exact) mass is 520 g/mol. The van der Waals surface area contributed by atoms with Gasteiger partial charge >= 0.3 is 0 Å². The Balaban J connectivity index is 0.00000392. The first-order chi connectivity index (χ1) is 12.9. The van der Waals surface area contributed by atoms with Crippen LogP contribution in [-0.2, 0) is 23.1 Å². The standard InChI is InChI=1S/C18H24N4O4S.HI/c1-20-18(21-11-13-4-8-16(9-5-13)27(19,23)24)22-12-14-6-7-15(25-2)10-17(14)26-3;/h4-10H,11-12H2,1-3H3,(H2,19,23,24)(H2,20,21,22);1H. The predicted molar refractivity (Wildman–Crippen MR) is 120 cm³/mol. The summed E-state index contributed by atoms with van der Waals surface area (Å²) in [6.45, 7) is 0.988. The summed E-state index contributed by atoms with van der Waals surface area (Å²) >= 11 is 0. The van der Waals surface area contributed by atoms with E-state index in [2.05, 4.69) is 15.6 Å². The summed E-state index contributed by atoms with van der Waals surface area (Å²) in [7, 11) is 1.20. The number of nitrogens with one attached hydrogen (secondary N) is 2. The van der Waals surface area contributed by atoms with E-state index in [9.17, 15) is 8.42 Å². The van der Waals surface area contributed by atoms with Crippen molar-refractivity contribution in [1.82, 2.24) is 10.6 Å². The largest absolute Gasteiger partial charge is 0.497 e. The number of rotatable bonds is 7. The average Bonchev–Trinajstić information content (AvgIpc) is 2.67. The van der Waals surface area contributed by atoms with Gasteiger partial charge in [-0.3, -0.25) is 4.99 Å². The zero-order valence-electron chi connectivity index (χ0n) is 15.9. The number of aliphatic imine (C=N–C) groups is 1. The van der Waals surface area contributed by atoms with Crippen molar-refractivity contribution in [2.75, 3.05) is 21.3 Å². The van der Waals surface area contributed by atoms with Gasteiger partial charge in [-0.15, -0.1) is 24.0 Å². The van der Waals surface area contributed by atoms with Gasteiger partial charge in [-0.05, 0) is 29.8 Å². The molecule has 0 aliphatic carbocycles. The van der Waals surface area contributed by atoms with Crippen LogP contribution in [0.3, 0.4) is 0 Å². The number of hydrogen-bond donors (Lipinski definition) is 3. The fraction of sp³-hybridized carbons (Fsp3) is 0.278. The van der Waals surface area contributed by atoms with Crippen LogP contribution in [0.5, 0.6) is 11.5 Å². The van der Waals surface area contributed by atoms with Crippen LogP contribution in [0.25, 0.3) is 0 Å². The van der Waals surface area contributed by atoms with Gasteiger partial charge in [0.2, 0.25) is 10.0 Å². The highest BCUT2D eigenvalue weighted by Gasteiger charge is 2.08. The van der Waals surface area contributed by atoms with E-state index < -0.39 is 10.0 Å². The van der Waals surface area contributed by atoms with Gasteiger partial charge in [-0.1, -0.05) is 12.1 Å². The molecule has 0 bridgehead atoms. The minimum absolute atomic E-state index is 0. The van der Waals surface area contributed by atoms with Gasteiger partial charge in [0, 0.05) is 31.8 Å². The minimum Gasteiger partial charge on any atom is -0.497 e. The van der Waals surface area contributed by atoms with E-state index in [-0.39, 0.29) is 28.9 Å². The molecule has 0 fully saturated rings. The number of nitrogens with two attached hydrogens (primary N) is 1. The van der Waals surface area contributed by atoms with Crippen molar-refractivity contribution in [2.24, 2.45) is 10.1 Å². The molecular weight excluding hydrogens is 495 g/mol. The second kappa shape index (κ2) is 11.1. The average molecular weight is 520 g/mol. The van der Waals surface area contributed by atoms with Crippen LogP contribution in [0.15, 0.2) is 52.4 Å². The highest BCUT2D eigenvalue weighted by Crippen LogP contribution is 2.24. The first-order valence-corrected chi connectivity index (χ1v) is 9.69. The van der Waals surface area contributed by atoms with E-state index in [1.165, 1.54) is 12.1 Å². The number of ether oxygens (including phenoxy) is 2. The molecule has 0 aliphatic rings. The van der Waals surface area contributed by atoms with Crippen molar-refractivity contribution >= 4 is 40.0 Å². The van der Waals surface area contributed by atoms with Crippen LogP contribution in [-0.4, -0.2) is 35.6 Å². The number of halogens is 1. The molecule has 0 saturated carbocycles. The SMILES string of the molecule is CN=C(NCc1ccc(S(N)(=O)=O)cc1)NCc1ccc(OC)cc1OC.I. The van der Waals surface area contributed by atoms with Gasteiger partial charge in [-0.2, -0.15) is 0 Å². The molecule has 10 heteroatoms. The van der Waals surface area contributed by atoms with Gasteiger partial charge < -0.3 is 20.1 Å². The summed E-state index contributed by atoms with van der Waals surface area (Å²) in [4.78, 5) is 4.26. The molecule has 28 heavy (non-hydrogen) atoms. The molecular formula is C18H25IN4O4S. The van der Waals surface area contributed by atoms with E-state index in [1.54, 1.807) is 33.4 Å². The Morgan fingerprint density at radius 3 is 2.21 bits per heavy atom. The van der Waals surface area contributed by atoms with Crippen LogP contribution in [0.1, 0.15) is 11.1 Å². The van der Waals surface area contributed by atoms with Crippen molar-refractivity contribution in [1.29, 1.82) is 0 Å². The lowest BCUT2D eigenvalue weighted by atomic mass is 10.2. The summed E-state index contributed by atoms with van der Waals surface area (Å²) in [6, 6.07) is 12.0. The maximum Gasteiger partial charge on any atom is 0.238 e. The van der Waals surface area contributed by atoms with Crippen LogP contribution in [0.2, 0.25) is 0 Å². The van der Waals surface area contributed by atoms with E-state index in [0.717, 1.165) is 22.6 Å². The summed E-state index contributed by atoms with van der Waals surface area (Å²) in [6.07, 6.45) is 0. The van der Waals surface area contributed by atoms with Gasteiger partial charge in [0.25, 0.3) is 0 Å². The third-order valence-corrected chi connectivity index (χ3v) is 4.81. The Bertz CT molecular complexity index is 902. The molecule has 0 radical (unpaired) electrons. The Morgan fingerprint density at radius 1 is 1.04 bits per heavy atom. The molecule has 2 aromatic rings. The first-order valence-electron chi connectivity index (χ1n) is 8.14. The van der Waals surface area contributed by atoms with E-state index in [1.807, 2.05) is 18.2 Å². The van der Waals surface area contributed by atoms with Crippen LogP contribution in [0.4, 0.5) is 0 Å². The third kappa shape index (κ3) is 6.84. The number of sulfonamides is 1. The van der Waals surface area contributed by atoms with E-state index >= 15 is 0 Å². The lowest BCUT2D eigenvalue weighted by Crippen LogP contribution is -2.36. The molecule has 0 aromatic heterocycles. The fourth-order valence-corrected chi connectivity index (χ4v) is 2.90. The second-order valence-corrected chi connectivity index (χ2v) is 7.21. The summed E-state index contributed by atoms with van der Waals surface area (Å²) < 4.78 is 33.1. The Kier molecular flexibility index (Phi) is 9.49. The molecule has 8 nitrogen and oxygen atoms in total. The summed E-state index contributed by atoms with van der Waals surface area (Å²) in [5, 5.41) is 11.5. The lowest BCUT2D eigenvalue weighted by molar-refractivity contribution is 0.390. The van der Waals surface area contributed by atoms with Gasteiger partial charge in [0.15, 0.2) is 5.96 Å². The highest BCUT2D eigenvalue weighted by molar-refractivity contribution is 14.0. The van der Waals surface area contributed by atoms with Crippen molar-refractivity contribution in [2.45, 2.75) is 18.0 Å². The number of nitrogens with zero attached hydrogens (tertiary/aromatic N) is 1. The van der Waals surface area contributed by atoms with Crippen molar-refractivity contribution in [3.63, 3.8) is 0 Å². The molecule has 0 spiro atoms.